The van der Waals surface area contributed by atoms with Crippen LogP contribution in [0.15, 0.2) is 42.5 Å². The Balaban J connectivity index is 1.71. The molecular weight excluding hydrogens is 366 g/mol. The van der Waals surface area contributed by atoms with Gasteiger partial charge in [0.15, 0.2) is 0 Å². The van der Waals surface area contributed by atoms with Crippen LogP contribution in [-0.2, 0) is 4.74 Å². The smallest absolute Gasteiger partial charge is 0.411 e. The highest BCUT2D eigenvalue weighted by Crippen LogP contribution is 2.46. The summed E-state index contributed by atoms with van der Waals surface area (Å²) in [5.74, 6) is 0.856. The Morgan fingerprint density at radius 3 is 2.55 bits per heavy atom. The van der Waals surface area contributed by atoms with Gasteiger partial charge >= 0.3 is 6.09 Å². The van der Waals surface area contributed by atoms with E-state index < -0.39 is 6.09 Å². The predicted octanol–water partition coefficient (Wildman–Crippen LogP) is 5.58. The lowest BCUT2D eigenvalue weighted by molar-refractivity contribution is 0.130. The molecule has 6 heteroatoms. The summed E-state index contributed by atoms with van der Waals surface area (Å²) in [4.78, 5) is 11.8. The zero-order chi connectivity index (χ0) is 20.5. The number of hydrogen-bond donors (Lipinski definition) is 2. The number of aromatic nitrogens is 1. The van der Waals surface area contributed by atoms with E-state index in [1.54, 1.807) is 0 Å². The molecule has 2 aromatic carbocycles. The molecule has 1 amide bonds. The molecule has 1 aliphatic rings. The molecule has 1 heterocycles. The van der Waals surface area contributed by atoms with Crippen molar-refractivity contribution in [1.29, 1.82) is 0 Å². The zero-order valence-corrected chi connectivity index (χ0v) is 17.1. The van der Waals surface area contributed by atoms with Crippen molar-refractivity contribution in [2.24, 2.45) is 0 Å². The van der Waals surface area contributed by atoms with Gasteiger partial charge in [-0.1, -0.05) is 12.1 Å². The van der Waals surface area contributed by atoms with E-state index in [0.29, 0.717) is 18.3 Å². The van der Waals surface area contributed by atoms with Crippen molar-refractivity contribution in [3.8, 4) is 17.0 Å². The van der Waals surface area contributed by atoms with Gasteiger partial charge in [0.1, 0.15) is 5.75 Å². The molecule has 4 rings (SSSR count). The van der Waals surface area contributed by atoms with Gasteiger partial charge in [-0.2, -0.15) is 0 Å². The molecular formula is C23H27N3O3. The molecule has 0 aliphatic heterocycles. The fourth-order valence-corrected chi connectivity index (χ4v) is 3.65. The summed E-state index contributed by atoms with van der Waals surface area (Å²) in [6.07, 6.45) is 1.68. The molecule has 29 heavy (non-hydrogen) atoms. The summed E-state index contributed by atoms with van der Waals surface area (Å²) < 4.78 is 13.2. The lowest BCUT2D eigenvalue weighted by Gasteiger charge is -2.12. The number of rotatable bonds is 6. The van der Waals surface area contributed by atoms with Crippen molar-refractivity contribution in [2.45, 2.75) is 45.8 Å². The van der Waals surface area contributed by atoms with Gasteiger partial charge < -0.3 is 19.8 Å². The summed E-state index contributed by atoms with van der Waals surface area (Å²) in [5.41, 5.74) is 11.2. The maximum atomic E-state index is 11.8. The normalized spacial score (nSPS) is 13.7. The largest absolute Gasteiger partial charge is 0.494 e. The van der Waals surface area contributed by atoms with Gasteiger partial charge in [-0.05, 0) is 57.9 Å². The molecule has 3 N–H and O–H groups in total. The first-order chi connectivity index (χ1) is 14.0. The number of nitrogens with two attached hydrogens (primary N) is 1. The lowest BCUT2D eigenvalue weighted by atomic mass is 10.1. The zero-order valence-electron chi connectivity index (χ0n) is 17.1. The van der Waals surface area contributed by atoms with Crippen LogP contribution < -0.4 is 15.8 Å². The number of fused-ring (bicyclic) bond motifs is 1. The first-order valence-corrected chi connectivity index (χ1v) is 10.1. The third-order valence-electron chi connectivity index (χ3n) is 4.99. The van der Waals surface area contributed by atoms with Gasteiger partial charge in [0.25, 0.3) is 0 Å². The fraction of sp³-hybridized carbons (Fsp3) is 0.348. The molecule has 0 radical (unpaired) electrons. The monoisotopic (exact) mass is 393 g/mol. The van der Waals surface area contributed by atoms with Crippen LogP contribution in [0.3, 0.4) is 0 Å². The molecule has 0 saturated heterocycles. The first-order valence-electron chi connectivity index (χ1n) is 10.1. The Bertz CT molecular complexity index is 1030. The van der Waals surface area contributed by atoms with Gasteiger partial charge in [-0.25, -0.2) is 4.79 Å². The molecule has 0 spiro atoms. The van der Waals surface area contributed by atoms with Crippen molar-refractivity contribution in [2.75, 3.05) is 17.7 Å². The summed E-state index contributed by atoms with van der Waals surface area (Å²) in [7, 11) is 0. The van der Waals surface area contributed by atoms with E-state index in [1.165, 1.54) is 0 Å². The van der Waals surface area contributed by atoms with E-state index in [9.17, 15) is 4.79 Å². The van der Waals surface area contributed by atoms with E-state index in [-0.39, 0.29) is 6.10 Å². The molecule has 1 saturated carbocycles. The number of nitrogens with one attached hydrogen (secondary N) is 1. The van der Waals surface area contributed by atoms with Crippen molar-refractivity contribution >= 4 is 28.4 Å². The SMILES string of the molecule is CCOc1ccc2c(N)c(-c3ccc(NC(=O)OC(C)C)cc3)n(C3CC3)c2c1. The number of carbonyl (C=O) groups is 1. The van der Waals surface area contributed by atoms with E-state index >= 15 is 0 Å². The summed E-state index contributed by atoms with van der Waals surface area (Å²) in [5, 5.41) is 3.79. The van der Waals surface area contributed by atoms with Crippen LogP contribution in [0.4, 0.5) is 16.2 Å². The molecule has 0 atom stereocenters. The van der Waals surface area contributed by atoms with Gasteiger partial charge in [0.2, 0.25) is 0 Å². The predicted molar refractivity (Wildman–Crippen MR) is 116 cm³/mol. The van der Waals surface area contributed by atoms with Crippen LogP contribution in [-0.4, -0.2) is 23.4 Å². The third kappa shape index (κ3) is 3.88. The van der Waals surface area contributed by atoms with E-state index in [0.717, 1.165) is 46.4 Å². The van der Waals surface area contributed by atoms with Crippen molar-refractivity contribution in [3.05, 3.63) is 42.5 Å². The highest BCUT2D eigenvalue weighted by atomic mass is 16.6. The Morgan fingerprint density at radius 2 is 1.93 bits per heavy atom. The van der Waals surface area contributed by atoms with Crippen LogP contribution in [0.1, 0.15) is 39.7 Å². The van der Waals surface area contributed by atoms with Gasteiger partial charge in [0, 0.05) is 28.7 Å². The number of amides is 1. The Kier molecular flexibility index (Phi) is 5.09. The molecule has 6 nitrogen and oxygen atoms in total. The Hall–Kier alpha value is -3.15. The van der Waals surface area contributed by atoms with E-state index in [1.807, 2.05) is 57.2 Å². The quantitative estimate of drug-likeness (QED) is 0.573. The first kappa shape index (κ1) is 19.2. The molecule has 152 valence electrons. The molecule has 1 aromatic heterocycles. The summed E-state index contributed by atoms with van der Waals surface area (Å²) in [6.45, 7) is 6.25. The maximum absolute atomic E-state index is 11.8. The van der Waals surface area contributed by atoms with Crippen LogP contribution in [0.5, 0.6) is 5.75 Å². The number of benzene rings is 2. The molecule has 1 fully saturated rings. The summed E-state index contributed by atoms with van der Waals surface area (Å²) in [6, 6.07) is 14.3. The van der Waals surface area contributed by atoms with E-state index in [4.69, 9.17) is 15.2 Å². The van der Waals surface area contributed by atoms with Crippen LogP contribution in [0.2, 0.25) is 0 Å². The number of carbonyl (C=O) groups excluding carboxylic acids is 1. The Labute approximate surface area is 170 Å². The number of ether oxygens (including phenoxy) is 2. The average molecular weight is 393 g/mol. The molecule has 0 bridgehead atoms. The van der Waals surface area contributed by atoms with Crippen LogP contribution in [0, 0.1) is 0 Å². The van der Waals surface area contributed by atoms with Crippen LogP contribution in [0.25, 0.3) is 22.2 Å². The number of nitrogen functional groups attached to an aromatic ring is 1. The minimum Gasteiger partial charge on any atom is -0.494 e. The minimum absolute atomic E-state index is 0.162. The number of anilines is 2. The molecule has 0 unspecified atom stereocenters. The second-order valence-corrected chi connectivity index (χ2v) is 7.63. The number of hydrogen-bond acceptors (Lipinski definition) is 4. The highest BCUT2D eigenvalue weighted by molar-refractivity contribution is 6.01. The van der Waals surface area contributed by atoms with E-state index in [2.05, 4.69) is 16.0 Å². The molecule has 3 aromatic rings. The van der Waals surface area contributed by atoms with Gasteiger partial charge in [-0.15, -0.1) is 0 Å². The second-order valence-electron chi connectivity index (χ2n) is 7.63. The fourth-order valence-electron chi connectivity index (χ4n) is 3.65. The topological polar surface area (TPSA) is 78.5 Å². The van der Waals surface area contributed by atoms with Gasteiger partial charge in [0.05, 0.1) is 29.6 Å². The lowest BCUT2D eigenvalue weighted by Crippen LogP contribution is -2.17. The third-order valence-corrected chi connectivity index (χ3v) is 4.99. The standard InChI is InChI=1S/C23H27N3O3/c1-4-28-18-11-12-19-20(13-18)26(17-9-10-17)22(21(19)24)15-5-7-16(8-6-15)25-23(27)29-14(2)3/h5-8,11-14,17H,4,9-10,24H2,1-3H3,(H,25,27). The highest BCUT2D eigenvalue weighted by Gasteiger charge is 2.30. The Morgan fingerprint density at radius 1 is 1.21 bits per heavy atom. The minimum atomic E-state index is -0.456. The van der Waals surface area contributed by atoms with Gasteiger partial charge in [-0.3, -0.25) is 5.32 Å². The van der Waals surface area contributed by atoms with Crippen LogP contribution >= 0.6 is 0 Å². The average Bonchev–Trinajstić information content (AvgIpc) is 3.47. The van der Waals surface area contributed by atoms with Crippen molar-refractivity contribution in [3.63, 3.8) is 0 Å². The number of nitrogens with zero attached hydrogens (tertiary/aromatic N) is 1. The second kappa shape index (κ2) is 7.70. The molecule has 1 aliphatic carbocycles. The van der Waals surface area contributed by atoms with Crippen molar-refractivity contribution in [1.82, 2.24) is 4.57 Å². The van der Waals surface area contributed by atoms with Crippen molar-refractivity contribution < 1.29 is 14.3 Å². The summed E-state index contributed by atoms with van der Waals surface area (Å²) >= 11 is 0. The maximum Gasteiger partial charge on any atom is 0.411 e.